The van der Waals surface area contributed by atoms with Gasteiger partial charge in [0.2, 0.25) is 18.6 Å². The van der Waals surface area contributed by atoms with Gasteiger partial charge in [0.05, 0.1) is 5.69 Å². The largest absolute Gasteiger partial charge is 0.473 e. The first-order chi connectivity index (χ1) is 13.2. The molecular formula is C20H21N3O4. The molecular weight excluding hydrogens is 346 g/mol. The molecule has 0 N–H and O–H groups in total. The molecule has 0 radical (unpaired) electrons. The Bertz CT molecular complexity index is 843. The number of amides is 1. The van der Waals surface area contributed by atoms with Gasteiger partial charge in [0.25, 0.3) is 0 Å². The van der Waals surface area contributed by atoms with Crippen LogP contribution in [0.1, 0.15) is 24.1 Å². The standard InChI is InChI=1S/C20H21N3O4/c1-14-2-6-19(22-21-14)27-16-8-10-23(11-9-16)20(24)7-4-15-3-5-17-18(12-15)26-13-25-17/h2-7,12,16H,8-11,13H2,1H3/b7-4+. The number of aromatic nitrogens is 2. The fourth-order valence-corrected chi connectivity index (χ4v) is 3.10. The van der Waals surface area contributed by atoms with E-state index in [0.29, 0.717) is 24.7 Å². The smallest absolute Gasteiger partial charge is 0.246 e. The lowest BCUT2D eigenvalue weighted by molar-refractivity contribution is -0.127. The number of piperidine rings is 1. The highest BCUT2D eigenvalue weighted by atomic mass is 16.7. The number of likely N-dealkylation sites (tertiary alicyclic amines) is 1. The van der Waals surface area contributed by atoms with Crippen molar-refractivity contribution < 1.29 is 19.0 Å². The van der Waals surface area contributed by atoms with Crippen molar-refractivity contribution in [3.63, 3.8) is 0 Å². The minimum atomic E-state index is 0.00115. The van der Waals surface area contributed by atoms with Crippen molar-refractivity contribution in [2.24, 2.45) is 0 Å². The Kier molecular flexibility index (Phi) is 4.91. The summed E-state index contributed by atoms with van der Waals surface area (Å²) in [6.45, 7) is 3.45. The van der Waals surface area contributed by atoms with Gasteiger partial charge in [-0.2, -0.15) is 5.10 Å². The van der Waals surface area contributed by atoms with Gasteiger partial charge in [0.1, 0.15) is 6.10 Å². The molecule has 0 unspecified atom stereocenters. The maximum Gasteiger partial charge on any atom is 0.246 e. The van der Waals surface area contributed by atoms with E-state index in [4.69, 9.17) is 14.2 Å². The molecule has 7 heteroatoms. The van der Waals surface area contributed by atoms with Crippen LogP contribution < -0.4 is 14.2 Å². The van der Waals surface area contributed by atoms with Crippen molar-refractivity contribution in [2.75, 3.05) is 19.9 Å². The Morgan fingerprint density at radius 1 is 1.15 bits per heavy atom. The molecule has 140 valence electrons. The number of ether oxygens (including phenoxy) is 3. The third kappa shape index (κ3) is 4.19. The highest BCUT2D eigenvalue weighted by Crippen LogP contribution is 2.32. The van der Waals surface area contributed by atoms with Crippen molar-refractivity contribution in [2.45, 2.75) is 25.9 Å². The quantitative estimate of drug-likeness (QED) is 0.774. The summed E-state index contributed by atoms with van der Waals surface area (Å²) in [6, 6.07) is 9.33. The minimum Gasteiger partial charge on any atom is -0.473 e. The SMILES string of the molecule is Cc1ccc(OC2CCN(C(=O)/C=C/c3ccc4c(c3)OCO4)CC2)nn1. The molecule has 1 aromatic carbocycles. The van der Waals surface area contributed by atoms with Gasteiger partial charge in [-0.15, -0.1) is 5.10 Å². The van der Waals surface area contributed by atoms with Crippen molar-refractivity contribution in [3.05, 3.63) is 47.7 Å². The van der Waals surface area contributed by atoms with Crippen LogP contribution in [0.25, 0.3) is 6.08 Å². The van der Waals surface area contributed by atoms with Crippen molar-refractivity contribution in [1.82, 2.24) is 15.1 Å². The van der Waals surface area contributed by atoms with Crippen molar-refractivity contribution >= 4 is 12.0 Å². The molecule has 0 aliphatic carbocycles. The molecule has 2 aliphatic rings. The zero-order chi connectivity index (χ0) is 18.6. The molecule has 1 fully saturated rings. The van der Waals surface area contributed by atoms with E-state index in [0.717, 1.165) is 29.8 Å². The second-order valence-electron chi connectivity index (χ2n) is 6.60. The van der Waals surface area contributed by atoms with Crippen LogP contribution in [0.15, 0.2) is 36.4 Å². The molecule has 0 spiro atoms. The number of hydrogen-bond acceptors (Lipinski definition) is 6. The Hall–Kier alpha value is -3.09. The zero-order valence-electron chi connectivity index (χ0n) is 15.1. The van der Waals surface area contributed by atoms with Gasteiger partial charge in [-0.25, -0.2) is 0 Å². The van der Waals surface area contributed by atoms with E-state index in [1.165, 1.54) is 0 Å². The normalized spacial score (nSPS) is 16.7. The predicted molar refractivity (Wildman–Crippen MR) is 98.6 cm³/mol. The number of nitrogens with zero attached hydrogens (tertiary/aromatic N) is 3. The van der Waals surface area contributed by atoms with Crippen LogP contribution >= 0.6 is 0 Å². The first-order valence-corrected chi connectivity index (χ1v) is 9.01. The lowest BCUT2D eigenvalue weighted by Crippen LogP contribution is -2.41. The van der Waals surface area contributed by atoms with Gasteiger partial charge in [-0.1, -0.05) is 6.07 Å². The Labute approximate surface area is 157 Å². The molecule has 0 bridgehead atoms. The third-order valence-corrected chi connectivity index (χ3v) is 4.63. The first-order valence-electron chi connectivity index (χ1n) is 9.01. The van der Waals surface area contributed by atoms with Gasteiger partial charge in [-0.05, 0) is 36.8 Å². The summed E-state index contributed by atoms with van der Waals surface area (Å²) >= 11 is 0. The van der Waals surface area contributed by atoms with Gasteiger partial charge < -0.3 is 19.1 Å². The second kappa shape index (κ2) is 7.65. The Morgan fingerprint density at radius 3 is 2.74 bits per heavy atom. The summed E-state index contributed by atoms with van der Waals surface area (Å²) in [6.07, 6.45) is 5.01. The first kappa shape index (κ1) is 17.3. The summed E-state index contributed by atoms with van der Waals surface area (Å²) < 4.78 is 16.5. The molecule has 1 amide bonds. The molecule has 4 rings (SSSR count). The number of carbonyl (C=O) groups is 1. The van der Waals surface area contributed by atoms with E-state index in [9.17, 15) is 4.79 Å². The summed E-state index contributed by atoms with van der Waals surface area (Å²) in [4.78, 5) is 14.3. The average molecular weight is 367 g/mol. The van der Waals surface area contributed by atoms with Gasteiger partial charge in [0.15, 0.2) is 11.5 Å². The molecule has 0 saturated carbocycles. The van der Waals surface area contributed by atoms with Gasteiger partial charge >= 0.3 is 0 Å². The molecule has 2 aliphatic heterocycles. The molecule has 7 nitrogen and oxygen atoms in total. The van der Waals surface area contributed by atoms with Crippen LogP contribution in [-0.4, -0.2) is 47.0 Å². The summed E-state index contributed by atoms with van der Waals surface area (Å²) in [5.74, 6) is 1.98. The topological polar surface area (TPSA) is 73.8 Å². The number of benzene rings is 1. The molecule has 0 atom stereocenters. The van der Waals surface area contributed by atoms with Crippen LogP contribution in [0.5, 0.6) is 17.4 Å². The lowest BCUT2D eigenvalue weighted by Gasteiger charge is -2.31. The molecule has 2 aromatic rings. The minimum absolute atomic E-state index is 0.00115. The third-order valence-electron chi connectivity index (χ3n) is 4.63. The van der Waals surface area contributed by atoms with Gasteiger partial charge in [-0.3, -0.25) is 4.79 Å². The maximum atomic E-state index is 12.4. The average Bonchev–Trinajstić information content (AvgIpc) is 3.16. The van der Waals surface area contributed by atoms with Crippen LogP contribution in [0.4, 0.5) is 0 Å². The monoisotopic (exact) mass is 367 g/mol. The Morgan fingerprint density at radius 2 is 1.96 bits per heavy atom. The molecule has 27 heavy (non-hydrogen) atoms. The number of rotatable bonds is 4. The highest BCUT2D eigenvalue weighted by molar-refractivity contribution is 5.92. The summed E-state index contributed by atoms with van der Waals surface area (Å²) in [5.41, 5.74) is 1.76. The highest BCUT2D eigenvalue weighted by Gasteiger charge is 2.23. The molecule has 1 aromatic heterocycles. The summed E-state index contributed by atoms with van der Waals surface area (Å²) in [7, 11) is 0. The zero-order valence-corrected chi connectivity index (χ0v) is 15.1. The van der Waals surface area contributed by atoms with Crippen LogP contribution in [-0.2, 0) is 4.79 Å². The van der Waals surface area contributed by atoms with Gasteiger partial charge in [0, 0.05) is 38.1 Å². The van der Waals surface area contributed by atoms with E-state index in [2.05, 4.69) is 10.2 Å². The van der Waals surface area contributed by atoms with E-state index in [1.54, 1.807) is 12.2 Å². The number of aryl methyl sites for hydroxylation is 1. The van der Waals surface area contributed by atoms with Crippen molar-refractivity contribution in [1.29, 1.82) is 0 Å². The fraction of sp³-hybridized carbons (Fsp3) is 0.350. The van der Waals surface area contributed by atoms with Crippen LogP contribution in [0.2, 0.25) is 0 Å². The van der Waals surface area contributed by atoms with E-state index < -0.39 is 0 Å². The van der Waals surface area contributed by atoms with E-state index in [1.807, 2.05) is 42.2 Å². The summed E-state index contributed by atoms with van der Waals surface area (Å²) in [5, 5.41) is 8.03. The number of carbonyl (C=O) groups excluding carboxylic acids is 1. The molecule has 1 saturated heterocycles. The van der Waals surface area contributed by atoms with Crippen LogP contribution in [0, 0.1) is 6.92 Å². The number of hydrogen-bond donors (Lipinski definition) is 0. The Balaban J connectivity index is 1.28. The van der Waals surface area contributed by atoms with E-state index in [-0.39, 0.29) is 18.8 Å². The molecule has 3 heterocycles. The second-order valence-corrected chi connectivity index (χ2v) is 6.60. The lowest BCUT2D eigenvalue weighted by atomic mass is 10.1. The van der Waals surface area contributed by atoms with Crippen molar-refractivity contribution in [3.8, 4) is 17.4 Å². The number of fused-ring (bicyclic) bond motifs is 1. The fourth-order valence-electron chi connectivity index (χ4n) is 3.10. The predicted octanol–water partition coefficient (Wildman–Crippen LogP) is 2.60. The maximum absolute atomic E-state index is 12.4. The van der Waals surface area contributed by atoms with E-state index >= 15 is 0 Å². The van der Waals surface area contributed by atoms with Crippen LogP contribution in [0.3, 0.4) is 0 Å².